The van der Waals surface area contributed by atoms with Crippen LogP contribution >= 0.6 is 0 Å². The van der Waals surface area contributed by atoms with Crippen molar-refractivity contribution in [2.75, 3.05) is 5.32 Å². The number of anilines is 1. The highest BCUT2D eigenvalue weighted by molar-refractivity contribution is 5.49. The quantitative estimate of drug-likeness (QED) is 0.771. The molecule has 1 saturated carbocycles. The van der Waals surface area contributed by atoms with Crippen LogP contribution in [-0.2, 0) is 6.18 Å². The van der Waals surface area contributed by atoms with Crippen molar-refractivity contribution in [1.29, 1.82) is 0 Å². The number of hydrogen-bond donors (Lipinski definition) is 2. The van der Waals surface area contributed by atoms with Gasteiger partial charge in [0.1, 0.15) is 5.82 Å². The molecule has 0 aliphatic heterocycles. The Morgan fingerprint density at radius 2 is 1.94 bits per heavy atom. The topological polar surface area (TPSA) is 38.0 Å². The molecule has 0 radical (unpaired) electrons. The van der Waals surface area contributed by atoms with Crippen molar-refractivity contribution in [3.63, 3.8) is 0 Å². The van der Waals surface area contributed by atoms with Gasteiger partial charge in [0, 0.05) is 12.1 Å². The van der Waals surface area contributed by atoms with E-state index in [2.05, 4.69) is 5.32 Å². The SMILES string of the molecule is NC1CC1Nc1ccc(C(F)(F)F)cc1F. The fourth-order valence-electron chi connectivity index (χ4n) is 1.39. The molecule has 0 amide bonds. The number of nitrogens with two attached hydrogens (primary N) is 1. The first kappa shape index (κ1) is 11.2. The summed E-state index contributed by atoms with van der Waals surface area (Å²) in [6.45, 7) is 0. The lowest BCUT2D eigenvalue weighted by Gasteiger charge is -2.10. The Morgan fingerprint density at radius 3 is 2.38 bits per heavy atom. The molecule has 2 rings (SSSR count). The fourth-order valence-corrected chi connectivity index (χ4v) is 1.39. The normalized spacial score (nSPS) is 24.3. The van der Waals surface area contributed by atoms with E-state index in [9.17, 15) is 17.6 Å². The van der Waals surface area contributed by atoms with Gasteiger partial charge >= 0.3 is 6.18 Å². The lowest BCUT2D eigenvalue weighted by molar-refractivity contribution is -0.137. The zero-order valence-corrected chi connectivity index (χ0v) is 8.18. The predicted octanol–water partition coefficient (Wildman–Crippen LogP) is 2.36. The first-order chi connectivity index (χ1) is 7.38. The summed E-state index contributed by atoms with van der Waals surface area (Å²) in [7, 11) is 0. The first-order valence-corrected chi connectivity index (χ1v) is 4.77. The maximum absolute atomic E-state index is 13.3. The van der Waals surface area contributed by atoms with Crippen LogP contribution in [0.5, 0.6) is 0 Å². The van der Waals surface area contributed by atoms with E-state index in [-0.39, 0.29) is 17.8 Å². The van der Waals surface area contributed by atoms with Crippen molar-refractivity contribution in [1.82, 2.24) is 0 Å². The van der Waals surface area contributed by atoms with Gasteiger partial charge in [-0.2, -0.15) is 13.2 Å². The summed E-state index contributed by atoms with van der Waals surface area (Å²) >= 11 is 0. The van der Waals surface area contributed by atoms with Gasteiger partial charge in [-0.25, -0.2) is 4.39 Å². The van der Waals surface area contributed by atoms with Gasteiger partial charge in [-0.05, 0) is 24.6 Å². The zero-order valence-electron chi connectivity index (χ0n) is 8.18. The summed E-state index contributed by atoms with van der Waals surface area (Å²) < 4.78 is 50.0. The summed E-state index contributed by atoms with van der Waals surface area (Å²) in [6, 6.07) is 2.34. The average Bonchev–Trinajstić information content (AvgIpc) is 2.84. The molecule has 1 fully saturated rings. The van der Waals surface area contributed by atoms with Gasteiger partial charge in [0.05, 0.1) is 11.3 Å². The van der Waals surface area contributed by atoms with E-state index in [1.807, 2.05) is 0 Å². The van der Waals surface area contributed by atoms with E-state index in [0.29, 0.717) is 12.5 Å². The third-order valence-corrected chi connectivity index (χ3v) is 2.48. The number of halogens is 4. The third-order valence-electron chi connectivity index (χ3n) is 2.48. The molecule has 1 aliphatic rings. The molecule has 0 saturated heterocycles. The molecule has 3 N–H and O–H groups in total. The maximum Gasteiger partial charge on any atom is 0.416 e. The van der Waals surface area contributed by atoms with Crippen LogP contribution in [0.4, 0.5) is 23.2 Å². The molecule has 1 aromatic carbocycles. The van der Waals surface area contributed by atoms with E-state index in [1.54, 1.807) is 0 Å². The van der Waals surface area contributed by atoms with Gasteiger partial charge in [0.25, 0.3) is 0 Å². The van der Waals surface area contributed by atoms with Gasteiger partial charge in [-0.15, -0.1) is 0 Å². The molecule has 6 heteroatoms. The monoisotopic (exact) mass is 234 g/mol. The second-order valence-corrected chi connectivity index (χ2v) is 3.84. The molecule has 88 valence electrons. The molecular weight excluding hydrogens is 224 g/mol. The van der Waals surface area contributed by atoms with Crippen molar-refractivity contribution >= 4 is 5.69 Å². The summed E-state index contributed by atoms with van der Waals surface area (Å²) in [5.41, 5.74) is 4.57. The highest BCUT2D eigenvalue weighted by Gasteiger charge is 2.35. The summed E-state index contributed by atoms with van der Waals surface area (Å²) in [5, 5.41) is 2.75. The van der Waals surface area contributed by atoms with Crippen LogP contribution < -0.4 is 11.1 Å². The molecule has 16 heavy (non-hydrogen) atoms. The van der Waals surface area contributed by atoms with E-state index in [4.69, 9.17) is 5.73 Å². The molecule has 2 atom stereocenters. The Morgan fingerprint density at radius 1 is 1.31 bits per heavy atom. The number of alkyl halides is 3. The minimum atomic E-state index is -4.52. The van der Waals surface area contributed by atoms with Crippen molar-refractivity contribution in [3.05, 3.63) is 29.6 Å². The molecule has 2 unspecified atom stereocenters. The lowest BCUT2D eigenvalue weighted by atomic mass is 10.2. The highest BCUT2D eigenvalue weighted by Crippen LogP contribution is 2.32. The van der Waals surface area contributed by atoms with Crippen LogP contribution in [0.1, 0.15) is 12.0 Å². The molecule has 1 aromatic rings. The molecule has 0 heterocycles. The van der Waals surface area contributed by atoms with Crippen LogP contribution in [-0.4, -0.2) is 12.1 Å². The second-order valence-electron chi connectivity index (χ2n) is 3.84. The number of nitrogens with one attached hydrogen (secondary N) is 1. The fraction of sp³-hybridized carbons (Fsp3) is 0.400. The molecule has 0 spiro atoms. The highest BCUT2D eigenvalue weighted by atomic mass is 19.4. The summed E-state index contributed by atoms with van der Waals surface area (Å²) in [6.07, 6.45) is -3.81. The van der Waals surface area contributed by atoms with E-state index >= 15 is 0 Å². The van der Waals surface area contributed by atoms with E-state index in [1.165, 1.54) is 0 Å². The minimum Gasteiger partial charge on any atom is -0.378 e. The van der Waals surface area contributed by atoms with Crippen LogP contribution in [0.3, 0.4) is 0 Å². The van der Waals surface area contributed by atoms with Crippen molar-refractivity contribution in [2.24, 2.45) is 5.73 Å². The Kier molecular flexibility index (Phi) is 2.53. The Bertz CT molecular complexity index is 402. The van der Waals surface area contributed by atoms with Gasteiger partial charge in [-0.3, -0.25) is 0 Å². The lowest BCUT2D eigenvalue weighted by Crippen LogP contribution is -2.14. The Balaban J connectivity index is 2.16. The Hall–Kier alpha value is -1.30. The van der Waals surface area contributed by atoms with Crippen LogP contribution in [0.25, 0.3) is 0 Å². The van der Waals surface area contributed by atoms with Crippen molar-refractivity contribution in [3.8, 4) is 0 Å². The molecule has 0 bridgehead atoms. The predicted molar refractivity (Wildman–Crippen MR) is 51.4 cm³/mol. The average molecular weight is 234 g/mol. The van der Waals surface area contributed by atoms with Crippen molar-refractivity contribution < 1.29 is 17.6 Å². The Labute approximate surface area is 89.4 Å². The van der Waals surface area contributed by atoms with Gasteiger partial charge in [0.15, 0.2) is 0 Å². The molecule has 2 nitrogen and oxygen atoms in total. The molecule has 0 aromatic heterocycles. The second kappa shape index (κ2) is 3.62. The third kappa shape index (κ3) is 2.27. The van der Waals surface area contributed by atoms with Crippen LogP contribution in [0, 0.1) is 5.82 Å². The number of benzene rings is 1. The van der Waals surface area contributed by atoms with Gasteiger partial charge in [-0.1, -0.05) is 0 Å². The zero-order chi connectivity index (χ0) is 11.9. The standard InChI is InChI=1S/C10H10F4N2/c11-6-3-5(10(12,13)14)1-2-8(6)16-9-4-7(9)15/h1-3,7,9,16H,4,15H2. The maximum atomic E-state index is 13.3. The van der Waals surface area contributed by atoms with E-state index < -0.39 is 17.6 Å². The largest absolute Gasteiger partial charge is 0.416 e. The number of rotatable bonds is 2. The van der Waals surface area contributed by atoms with E-state index in [0.717, 1.165) is 12.1 Å². The van der Waals surface area contributed by atoms with Gasteiger partial charge in [0.2, 0.25) is 0 Å². The van der Waals surface area contributed by atoms with Crippen LogP contribution in [0.2, 0.25) is 0 Å². The van der Waals surface area contributed by atoms with Gasteiger partial charge < -0.3 is 11.1 Å². The summed E-state index contributed by atoms with van der Waals surface area (Å²) in [5.74, 6) is -0.908. The smallest absolute Gasteiger partial charge is 0.378 e. The first-order valence-electron chi connectivity index (χ1n) is 4.77. The van der Waals surface area contributed by atoms with Crippen LogP contribution in [0.15, 0.2) is 18.2 Å². The summed E-state index contributed by atoms with van der Waals surface area (Å²) in [4.78, 5) is 0. The minimum absolute atomic E-state index is 0.0359. The number of hydrogen-bond acceptors (Lipinski definition) is 2. The molecular formula is C10H10F4N2. The molecule has 1 aliphatic carbocycles. The van der Waals surface area contributed by atoms with Crippen molar-refractivity contribution in [2.45, 2.75) is 24.7 Å².